The third-order valence-electron chi connectivity index (χ3n) is 2.07. The number of hydrogen-bond acceptors (Lipinski definition) is 4. The molecule has 0 aromatic rings. The molecule has 92 valence electrons. The van der Waals surface area contributed by atoms with Crippen LogP contribution in [0, 0.1) is 23.2 Å². The lowest BCUT2D eigenvalue weighted by Crippen LogP contribution is -2.35. The third kappa shape index (κ3) is 6.38. The van der Waals surface area contributed by atoms with Gasteiger partial charge in [0.15, 0.2) is 0 Å². The van der Waals surface area contributed by atoms with Gasteiger partial charge in [-0.1, -0.05) is 13.8 Å². The molecular formula is C11H20N2O3. The fourth-order valence-corrected chi connectivity index (χ4v) is 1.11. The van der Waals surface area contributed by atoms with Crippen molar-refractivity contribution in [1.29, 1.82) is 5.26 Å². The molecule has 0 heterocycles. The summed E-state index contributed by atoms with van der Waals surface area (Å²) in [5.41, 5.74) is 0. The predicted octanol–water partition coefficient (Wildman–Crippen LogP) is 0.561. The van der Waals surface area contributed by atoms with E-state index in [4.69, 9.17) is 14.7 Å². The van der Waals surface area contributed by atoms with E-state index in [1.54, 1.807) is 7.11 Å². The summed E-state index contributed by atoms with van der Waals surface area (Å²) in [6.45, 7) is 5.61. The molecule has 0 spiro atoms. The van der Waals surface area contributed by atoms with Crippen molar-refractivity contribution in [3.8, 4) is 6.07 Å². The molecule has 1 unspecified atom stereocenters. The number of hydrogen-bond donors (Lipinski definition) is 1. The monoisotopic (exact) mass is 228 g/mol. The van der Waals surface area contributed by atoms with Crippen LogP contribution in [0.25, 0.3) is 0 Å². The zero-order valence-corrected chi connectivity index (χ0v) is 10.2. The molecule has 0 saturated heterocycles. The topological polar surface area (TPSA) is 71.3 Å². The Balaban J connectivity index is 3.61. The first-order chi connectivity index (χ1) is 7.63. The van der Waals surface area contributed by atoms with Crippen LogP contribution >= 0.6 is 0 Å². The zero-order chi connectivity index (χ0) is 12.4. The zero-order valence-electron chi connectivity index (χ0n) is 10.2. The van der Waals surface area contributed by atoms with Gasteiger partial charge in [0.25, 0.3) is 0 Å². The molecule has 5 nitrogen and oxygen atoms in total. The van der Waals surface area contributed by atoms with Crippen LogP contribution in [0.4, 0.5) is 0 Å². The average Bonchev–Trinajstić information content (AvgIpc) is 2.23. The number of carbonyl (C=O) groups is 1. The Kier molecular flexibility index (Phi) is 8.49. The lowest BCUT2D eigenvalue weighted by atomic mass is 9.97. The van der Waals surface area contributed by atoms with Crippen molar-refractivity contribution < 1.29 is 14.3 Å². The molecule has 0 fully saturated rings. The quantitative estimate of drug-likeness (QED) is 0.616. The van der Waals surface area contributed by atoms with Gasteiger partial charge in [0.1, 0.15) is 5.92 Å². The van der Waals surface area contributed by atoms with E-state index in [9.17, 15) is 4.79 Å². The Morgan fingerprint density at radius 2 is 2.06 bits per heavy atom. The maximum Gasteiger partial charge on any atom is 0.237 e. The van der Waals surface area contributed by atoms with Crippen molar-refractivity contribution in [3.05, 3.63) is 0 Å². The Morgan fingerprint density at radius 1 is 1.38 bits per heavy atom. The average molecular weight is 228 g/mol. The highest BCUT2D eigenvalue weighted by Crippen LogP contribution is 2.08. The molecule has 0 rings (SSSR count). The van der Waals surface area contributed by atoms with E-state index >= 15 is 0 Å². The van der Waals surface area contributed by atoms with Gasteiger partial charge in [-0.25, -0.2) is 0 Å². The Morgan fingerprint density at radius 3 is 2.56 bits per heavy atom. The molecule has 0 radical (unpaired) electrons. The lowest BCUT2D eigenvalue weighted by molar-refractivity contribution is -0.124. The minimum Gasteiger partial charge on any atom is -0.382 e. The largest absolute Gasteiger partial charge is 0.382 e. The molecule has 0 saturated carbocycles. The minimum absolute atomic E-state index is 0.0272. The molecule has 0 aliphatic heterocycles. The molecule has 1 N–H and O–H groups in total. The molecular weight excluding hydrogens is 208 g/mol. The van der Waals surface area contributed by atoms with E-state index < -0.39 is 5.92 Å². The highest BCUT2D eigenvalue weighted by atomic mass is 16.5. The molecule has 1 amide bonds. The number of nitrogens with one attached hydrogen (secondary N) is 1. The fourth-order valence-electron chi connectivity index (χ4n) is 1.11. The summed E-state index contributed by atoms with van der Waals surface area (Å²) >= 11 is 0. The van der Waals surface area contributed by atoms with E-state index in [2.05, 4.69) is 5.32 Å². The smallest absolute Gasteiger partial charge is 0.237 e. The molecule has 16 heavy (non-hydrogen) atoms. The first kappa shape index (κ1) is 14.9. The van der Waals surface area contributed by atoms with Crippen molar-refractivity contribution >= 4 is 5.91 Å². The summed E-state index contributed by atoms with van der Waals surface area (Å²) in [5.74, 6) is -0.786. The Bertz CT molecular complexity index is 236. The molecule has 0 aliphatic carbocycles. The van der Waals surface area contributed by atoms with Crippen molar-refractivity contribution in [2.75, 3.05) is 33.5 Å². The van der Waals surface area contributed by atoms with E-state index in [1.807, 2.05) is 19.9 Å². The maximum absolute atomic E-state index is 11.5. The van der Waals surface area contributed by atoms with E-state index in [-0.39, 0.29) is 11.8 Å². The second-order valence-corrected chi connectivity index (χ2v) is 3.75. The predicted molar refractivity (Wildman–Crippen MR) is 59.6 cm³/mol. The summed E-state index contributed by atoms with van der Waals surface area (Å²) < 4.78 is 9.98. The number of nitriles is 1. The summed E-state index contributed by atoms with van der Waals surface area (Å²) in [4.78, 5) is 11.5. The third-order valence-corrected chi connectivity index (χ3v) is 2.07. The number of rotatable bonds is 8. The van der Waals surface area contributed by atoms with Gasteiger partial charge in [-0.05, 0) is 5.92 Å². The van der Waals surface area contributed by atoms with Gasteiger partial charge in [-0.15, -0.1) is 0 Å². The van der Waals surface area contributed by atoms with Crippen molar-refractivity contribution in [2.24, 2.45) is 11.8 Å². The van der Waals surface area contributed by atoms with Crippen LogP contribution in [-0.4, -0.2) is 39.4 Å². The van der Waals surface area contributed by atoms with Gasteiger partial charge >= 0.3 is 0 Å². The van der Waals surface area contributed by atoms with E-state index in [0.29, 0.717) is 26.4 Å². The second-order valence-electron chi connectivity index (χ2n) is 3.75. The first-order valence-electron chi connectivity index (χ1n) is 5.37. The van der Waals surface area contributed by atoms with Gasteiger partial charge in [-0.3, -0.25) is 4.79 Å². The van der Waals surface area contributed by atoms with Crippen LogP contribution in [0.15, 0.2) is 0 Å². The number of amides is 1. The van der Waals surface area contributed by atoms with Crippen LogP contribution < -0.4 is 5.32 Å². The van der Waals surface area contributed by atoms with Crippen LogP contribution in [0.3, 0.4) is 0 Å². The summed E-state index contributed by atoms with van der Waals surface area (Å²) in [6, 6.07) is 1.99. The molecule has 0 aliphatic rings. The van der Waals surface area contributed by atoms with Crippen LogP contribution in [0.1, 0.15) is 13.8 Å². The first-order valence-corrected chi connectivity index (χ1v) is 5.37. The van der Waals surface area contributed by atoms with Gasteiger partial charge in [-0.2, -0.15) is 5.26 Å². The lowest BCUT2D eigenvalue weighted by Gasteiger charge is -2.12. The van der Waals surface area contributed by atoms with Gasteiger partial charge in [0.2, 0.25) is 5.91 Å². The standard InChI is InChI=1S/C11H20N2O3/c1-9(2)10(8-12)11(14)13-4-5-16-7-6-15-3/h9-10H,4-7H2,1-3H3,(H,13,14). The molecule has 0 aromatic heterocycles. The number of ether oxygens (including phenoxy) is 2. The van der Waals surface area contributed by atoms with E-state index in [0.717, 1.165) is 0 Å². The van der Waals surface area contributed by atoms with Crippen LogP contribution in [-0.2, 0) is 14.3 Å². The normalized spacial score (nSPS) is 12.2. The summed E-state index contributed by atoms with van der Waals surface area (Å²) in [7, 11) is 1.60. The highest BCUT2D eigenvalue weighted by Gasteiger charge is 2.20. The minimum atomic E-state index is -0.584. The Labute approximate surface area is 96.7 Å². The molecule has 1 atom stereocenters. The van der Waals surface area contributed by atoms with Gasteiger partial charge < -0.3 is 14.8 Å². The molecule has 0 aromatic carbocycles. The summed E-state index contributed by atoms with van der Waals surface area (Å²) in [5, 5.41) is 11.4. The number of carbonyl (C=O) groups excluding carboxylic acids is 1. The SMILES string of the molecule is COCCOCCNC(=O)C(C#N)C(C)C. The number of nitrogens with zero attached hydrogens (tertiary/aromatic N) is 1. The van der Waals surface area contributed by atoms with Crippen molar-refractivity contribution in [3.63, 3.8) is 0 Å². The van der Waals surface area contributed by atoms with E-state index in [1.165, 1.54) is 0 Å². The van der Waals surface area contributed by atoms with Crippen LogP contribution in [0.2, 0.25) is 0 Å². The highest BCUT2D eigenvalue weighted by molar-refractivity contribution is 5.81. The molecule has 5 heteroatoms. The maximum atomic E-state index is 11.5. The fraction of sp³-hybridized carbons (Fsp3) is 0.818. The van der Waals surface area contributed by atoms with Crippen molar-refractivity contribution in [2.45, 2.75) is 13.8 Å². The number of methoxy groups -OCH3 is 1. The summed E-state index contributed by atoms with van der Waals surface area (Å²) in [6.07, 6.45) is 0. The van der Waals surface area contributed by atoms with Gasteiger partial charge in [0.05, 0.1) is 25.9 Å². The van der Waals surface area contributed by atoms with Crippen LogP contribution in [0.5, 0.6) is 0 Å². The second kappa shape index (κ2) is 9.13. The Hall–Kier alpha value is -1.12. The van der Waals surface area contributed by atoms with Crippen molar-refractivity contribution in [1.82, 2.24) is 5.32 Å². The van der Waals surface area contributed by atoms with Gasteiger partial charge in [0, 0.05) is 13.7 Å². The molecule has 0 bridgehead atoms.